The van der Waals surface area contributed by atoms with Gasteiger partial charge in [0, 0.05) is 12.0 Å². The second-order valence-electron chi connectivity index (χ2n) is 4.67. The Hall–Kier alpha value is -2.28. The van der Waals surface area contributed by atoms with Gasteiger partial charge in [-0.25, -0.2) is 0 Å². The molecule has 1 aromatic rings. The van der Waals surface area contributed by atoms with E-state index in [1.54, 1.807) is 0 Å². The average molecular weight is 311 g/mol. The molecule has 0 spiro atoms. The van der Waals surface area contributed by atoms with E-state index in [1.165, 1.54) is 12.1 Å². The lowest BCUT2D eigenvalue weighted by atomic mass is 10.1. The third-order valence-corrected chi connectivity index (χ3v) is 3.51. The van der Waals surface area contributed by atoms with E-state index >= 15 is 0 Å². The fourth-order valence-corrected chi connectivity index (χ4v) is 2.44. The third kappa shape index (κ3) is 2.64. The zero-order chi connectivity index (χ0) is 15.0. The smallest absolute Gasteiger partial charge is 0.252 e. The van der Waals surface area contributed by atoms with Crippen LogP contribution in [0, 0.1) is 0 Å². The minimum Gasteiger partial charge on any atom is -0.454 e. The topological polar surface area (TPSA) is 93.7 Å². The van der Waals surface area contributed by atoms with Gasteiger partial charge >= 0.3 is 0 Å². The van der Waals surface area contributed by atoms with Gasteiger partial charge < -0.3 is 14.8 Å². The summed E-state index contributed by atoms with van der Waals surface area (Å²) in [5.74, 6) is -0.530. The fraction of sp³-hybridized carbons (Fsp3) is 0.308. The highest BCUT2D eigenvalue weighted by atomic mass is 35.5. The molecule has 1 saturated heterocycles. The highest BCUT2D eigenvalue weighted by Crippen LogP contribution is 2.39. The van der Waals surface area contributed by atoms with Gasteiger partial charge in [0.2, 0.25) is 18.6 Å². The Kier molecular flexibility index (Phi) is 3.42. The molecule has 21 heavy (non-hydrogen) atoms. The number of halogens is 1. The van der Waals surface area contributed by atoms with Crippen molar-refractivity contribution < 1.29 is 23.9 Å². The Morgan fingerprint density at radius 1 is 1.33 bits per heavy atom. The van der Waals surface area contributed by atoms with Gasteiger partial charge in [-0.1, -0.05) is 11.6 Å². The van der Waals surface area contributed by atoms with Crippen LogP contribution in [-0.2, 0) is 9.59 Å². The van der Waals surface area contributed by atoms with E-state index in [4.69, 9.17) is 21.1 Å². The Balaban J connectivity index is 1.75. The first-order valence-corrected chi connectivity index (χ1v) is 6.66. The van der Waals surface area contributed by atoms with Crippen molar-refractivity contribution in [2.75, 3.05) is 6.79 Å². The predicted octanol–water partition coefficient (Wildman–Crippen LogP) is 0.604. The standard InChI is InChI=1S/C13H11ClN2O5/c14-7-3-6(4-9-11(7)21-5-20-9)12(18)15-8-1-2-10(17)16-13(8)19/h3-4,8H,1-2,5H2,(H,15,18)(H,16,17,19). The summed E-state index contributed by atoms with van der Waals surface area (Å²) in [5.41, 5.74) is 0.258. The number of benzene rings is 1. The van der Waals surface area contributed by atoms with E-state index in [9.17, 15) is 14.4 Å². The molecule has 1 aromatic carbocycles. The van der Waals surface area contributed by atoms with Crippen LogP contribution < -0.4 is 20.1 Å². The summed E-state index contributed by atoms with van der Waals surface area (Å²) in [6, 6.07) is 2.20. The van der Waals surface area contributed by atoms with Gasteiger partial charge in [-0.15, -0.1) is 0 Å². The lowest BCUT2D eigenvalue weighted by Gasteiger charge is -2.21. The van der Waals surface area contributed by atoms with Crippen LogP contribution in [0.1, 0.15) is 23.2 Å². The molecule has 2 heterocycles. The molecule has 110 valence electrons. The molecule has 3 amide bonds. The van der Waals surface area contributed by atoms with E-state index in [0.29, 0.717) is 11.5 Å². The molecule has 0 radical (unpaired) electrons. The number of ether oxygens (including phenoxy) is 2. The number of carbonyl (C=O) groups excluding carboxylic acids is 3. The van der Waals surface area contributed by atoms with Crippen LogP contribution in [0.3, 0.4) is 0 Å². The van der Waals surface area contributed by atoms with Gasteiger partial charge in [-0.2, -0.15) is 0 Å². The maximum absolute atomic E-state index is 12.2. The van der Waals surface area contributed by atoms with Crippen molar-refractivity contribution in [3.05, 3.63) is 22.7 Å². The van der Waals surface area contributed by atoms with Gasteiger partial charge in [0.15, 0.2) is 11.5 Å². The van der Waals surface area contributed by atoms with Gasteiger partial charge in [0.05, 0.1) is 5.02 Å². The number of imide groups is 1. The number of hydrogen-bond acceptors (Lipinski definition) is 5. The molecule has 0 saturated carbocycles. The zero-order valence-electron chi connectivity index (χ0n) is 10.8. The predicted molar refractivity (Wildman–Crippen MR) is 71.2 cm³/mol. The van der Waals surface area contributed by atoms with Crippen molar-refractivity contribution in [2.45, 2.75) is 18.9 Å². The van der Waals surface area contributed by atoms with Crippen molar-refractivity contribution in [1.82, 2.24) is 10.6 Å². The molecule has 0 bridgehead atoms. The maximum atomic E-state index is 12.2. The molecule has 2 aliphatic heterocycles. The molecule has 8 heteroatoms. The first-order chi connectivity index (χ1) is 10.0. The van der Waals surface area contributed by atoms with Crippen molar-refractivity contribution in [3.8, 4) is 11.5 Å². The van der Waals surface area contributed by atoms with Crippen LogP contribution in [0.15, 0.2) is 12.1 Å². The van der Waals surface area contributed by atoms with Crippen molar-refractivity contribution in [3.63, 3.8) is 0 Å². The molecule has 1 fully saturated rings. The number of hydrogen-bond donors (Lipinski definition) is 2. The van der Waals surface area contributed by atoms with Crippen LogP contribution in [0.2, 0.25) is 5.02 Å². The SMILES string of the molecule is O=C1CCC(NC(=O)c2cc(Cl)c3c(c2)OCO3)C(=O)N1. The molecule has 0 aliphatic carbocycles. The summed E-state index contributed by atoms with van der Waals surface area (Å²) in [6.45, 7) is 0.0489. The summed E-state index contributed by atoms with van der Waals surface area (Å²) in [5, 5.41) is 5.00. The Morgan fingerprint density at radius 2 is 2.14 bits per heavy atom. The van der Waals surface area contributed by atoms with Crippen molar-refractivity contribution in [2.24, 2.45) is 0 Å². The third-order valence-electron chi connectivity index (χ3n) is 3.23. The van der Waals surface area contributed by atoms with Crippen molar-refractivity contribution >= 4 is 29.3 Å². The highest BCUT2D eigenvalue weighted by molar-refractivity contribution is 6.32. The van der Waals surface area contributed by atoms with Gasteiger partial charge in [0.25, 0.3) is 5.91 Å². The Morgan fingerprint density at radius 3 is 2.90 bits per heavy atom. The monoisotopic (exact) mass is 310 g/mol. The lowest BCUT2D eigenvalue weighted by molar-refractivity contribution is -0.134. The number of nitrogens with one attached hydrogen (secondary N) is 2. The number of piperidine rings is 1. The molecule has 0 aromatic heterocycles. The summed E-state index contributed by atoms with van der Waals surface area (Å²) in [7, 11) is 0. The normalized spacial score (nSPS) is 20.1. The van der Waals surface area contributed by atoms with E-state index in [2.05, 4.69) is 10.6 Å². The van der Waals surface area contributed by atoms with E-state index in [1.807, 2.05) is 0 Å². The number of carbonyl (C=O) groups is 3. The number of amides is 3. The van der Waals surface area contributed by atoms with Gasteiger partial charge in [0.1, 0.15) is 6.04 Å². The molecule has 3 rings (SSSR count). The average Bonchev–Trinajstić information content (AvgIpc) is 2.90. The molecular weight excluding hydrogens is 300 g/mol. The van der Waals surface area contributed by atoms with Crippen LogP contribution in [0.5, 0.6) is 11.5 Å². The quantitative estimate of drug-likeness (QED) is 0.780. The second-order valence-corrected chi connectivity index (χ2v) is 5.08. The Labute approximate surface area is 124 Å². The minimum absolute atomic E-state index is 0.0489. The molecular formula is C13H11ClN2O5. The number of rotatable bonds is 2. The fourth-order valence-electron chi connectivity index (χ4n) is 2.17. The second kappa shape index (κ2) is 5.25. The molecule has 1 unspecified atom stereocenters. The first kappa shape index (κ1) is 13.7. The molecule has 2 N–H and O–H groups in total. The van der Waals surface area contributed by atoms with Crippen molar-refractivity contribution in [1.29, 1.82) is 0 Å². The van der Waals surface area contributed by atoms with Crippen LogP contribution in [0.4, 0.5) is 0 Å². The van der Waals surface area contributed by atoms with E-state index in [-0.39, 0.29) is 36.1 Å². The van der Waals surface area contributed by atoms with Crippen LogP contribution >= 0.6 is 11.6 Å². The van der Waals surface area contributed by atoms with Crippen LogP contribution in [-0.4, -0.2) is 30.6 Å². The summed E-state index contributed by atoms with van der Waals surface area (Å²) < 4.78 is 10.3. The highest BCUT2D eigenvalue weighted by Gasteiger charge is 2.29. The summed E-state index contributed by atoms with van der Waals surface area (Å²) in [4.78, 5) is 34.8. The minimum atomic E-state index is -0.737. The van der Waals surface area contributed by atoms with E-state index < -0.39 is 17.9 Å². The maximum Gasteiger partial charge on any atom is 0.252 e. The summed E-state index contributed by atoms with van der Waals surface area (Å²) in [6.07, 6.45) is 0.466. The zero-order valence-corrected chi connectivity index (χ0v) is 11.5. The van der Waals surface area contributed by atoms with Gasteiger partial charge in [-0.3, -0.25) is 19.7 Å². The molecule has 1 atom stereocenters. The molecule has 7 nitrogen and oxygen atoms in total. The van der Waals surface area contributed by atoms with Crippen LogP contribution in [0.25, 0.3) is 0 Å². The number of fused-ring (bicyclic) bond motifs is 1. The first-order valence-electron chi connectivity index (χ1n) is 6.28. The van der Waals surface area contributed by atoms with Gasteiger partial charge in [-0.05, 0) is 18.6 Å². The largest absolute Gasteiger partial charge is 0.454 e. The Bertz CT molecular complexity index is 646. The lowest BCUT2D eigenvalue weighted by Crippen LogP contribution is -2.52. The molecule has 2 aliphatic rings. The summed E-state index contributed by atoms with van der Waals surface area (Å²) >= 11 is 6.00. The van der Waals surface area contributed by atoms with E-state index in [0.717, 1.165) is 0 Å².